The second-order valence-corrected chi connectivity index (χ2v) is 6.60. The maximum absolute atomic E-state index is 13.1. The van der Waals surface area contributed by atoms with Crippen molar-refractivity contribution in [3.05, 3.63) is 70.5 Å². The van der Waals surface area contributed by atoms with Crippen molar-refractivity contribution in [1.82, 2.24) is 4.90 Å². The Hall–Kier alpha value is -2.40. The molecule has 0 saturated heterocycles. The third-order valence-corrected chi connectivity index (χ3v) is 4.68. The third-order valence-electron chi connectivity index (χ3n) is 4.31. The highest BCUT2D eigenvalue weighted by Gasteiger charge is 2.26. The fraction of sp³-hybridized carbons (Fsp3) is 0.300. The van der Waals surface area contributed by atoms with Gasteiger partial charge in [-0.15, -0.1) is 0 Å². The van der Waals surface area contributed by atoms with Crippen molar-refractivity contribution in [3.63, 3.8) is 0 Å². The van der Waals surface area contributed by atoms with Gasteiger partial charge >= 0.3 is 0 Å². The van der Waals surface area contributed by atoms with Gasteiger partial charge in [-0.2, -0.15) is 0 Å². The quantitative estimate of drug-likeness (QED) is 0.751. The molecule has 136 valence electrons. The highest BCUT2D eigenvalue weighted by molar-refractivity contribution is 6.31. The molecule has 4 nitrogen and oxygen atoms in total. The number of carbonyl (C=O) groups excluding carboxylic acids is 1. The molecule has 0 unspecified atom stereocenters. The Labute approximate surface area is 157 Å². The Kier molecular flexibility index (Phi) is 5.89. The van der Waals surface area contributed by atoms with Crippen LogP contribution >= 0.6 is 11.6 Å². The monoisotopic (exact) mass is 374 g/mol. The zero-order valence-corrected chi connectivity index (χ0v) is 15.2. The number of oxime groups is 1. The van der Waals surface area contributed by atoms with Gasteiger partial charge in [-0.25, -0.2) is 4.39 Å². The first-order valence-electron chi connectivity index (χ1n) is 8.56. The van der Waals surface area contributed by atoms with Gasteiger partial charge in [0.25, 0.3) is 0 Å². The average Bonchev–Trinajstić information content (AvgIpc) is 3.11. The third kappa shape index (κ3) is 4.41. The molecule has 0 radical (unpaired) electrons. The topological polar surface area (TPSA) is 41.9 Å². The molecule has 1 amide bonds. The van der Waals surface area contributed by atoms with Gasteiger partial charge in [0.15, 0.2) is 6.10 Å². The van der Waals surface area contributed by atoms with E-state index in [4.69, 9.17) is 16.4 Å². The van der Waals surface area contributed by atoms with E-state index in [-0.39, 0.29) is 17.8 Å². The lowest BCUT2D eigenvalue weighted by Crippen LogP contribution is -2.37. The van der Waals surface area contributed by atoms with Crippen molar-refractivity contribution >= 4 is 23.2 Å². The Morgan fingerprint density at radius 1 is 1.27 bits per heavy atom. The van der Waals surface area contributed by atoms with E-state index >= 15 is 0 Å². The lowest BCUT2D eigenvalue weighted by molar-refractivity contribution is -0.133. The number of benzene rings is 2. The van der Waals surface area contributed by atoms with E-state index in [0.29, 0.717) is 31.0 Å². The fourth-order valence-corrected chi connectivity index (χ4v) is 3.09. The lowest BCUT2D eigenvalue weighted by atomic mass is 10.0. The van der Waals surface area contributed by atoms with Crippen molar-refractivity contribution in [1.29, 1.82) is 0 Å². The first kappa shape index (κ1) is 18.4. The molecule has 0 aliphatic carbocycles. The molecule has 1 aliphatic heterocycles. The van der Waals surface area contributed by atoms with E-state index in [0.717, 1.165) is 16.8 Å². The van der Waals surface area contributed by atoms with Gasteiger partial charge in [0, 0.05) is 24.4 Å². The summed E-state index contributed by atoms with van der Waals surface area (Å²) in [5.41, 5.74) is 2.48. The summed E-state index contributed by atoms with van der Waals surface area (Å²) >= 11 is 6.23. The molecule has 0 saturated carbocycles. The molecular weight excluding hydrogens is 355 g/mol. The highest BCUT2D eigenvalue weighted by atomic mass is 35.5. The standard InChI is InChI=1S/C20H20ClFN2O2/c1-2-20(25)24(12-15-5-3-4-6-18(15)21)13-17-11-19(23-26-17)14-7-9-16(22)10-8-14/h3-10,17H,2,11-13H2,1H3/t17-/m1/s1. The van der Waals surface area contributed by atoms with Gasteiger partial charge in [0.2, 0.25) is 5.91 Å². The Morgan fingerprint density at radius 3 is 2.69 bits per heavy atom. The van der Waals surface area contributed by atoms with Crippen LogP contribution in [-0.2, 0) is 16.2 Å². The molecule has 2 aromatic rings. The summed E-state index contributed by atoms with van der Waals surface area (Å²) in [5, 5.41) is 4.75. The van der Waals surface area contributed by atoms with Crippen LogP contribution in [0.5, 0.6) is 0 Å². The minimum absolute atomic E-state index is 0.0313. The van der Waals surface area contributed by atoms with Gasteiger partial charge in [0.05, 0.1) is 12.3 Å². The largest absolute Gasteiger partial charge is 0.390 e. The van der Waals surface area contributed by atoms with Gasteiger partial charge in [-0.05, 0) is 29.3 Å². The molecule has 0 aromatic heterocycles. The van der Waals surface area contributed by atoms with Crippen LogP contribution in [0, 0.1) is 5.82 Å². The van der Waals surface area contributed by atoms with E-state index in [9.17, 15) is 9.18 Å². The second kappa shape index (κ2) is 8.32. The van der Waals surface area contributed by atoms with Gasteiger partial charge in [-0.1, -0.05) is 54.0 Å². The molecule has 0 bridgehead atoms. The number of nitrogens with zero attached hydrogens (tertiary/aromatic N) is 2. The molecule has 6 heteroatoms. The Bertz CT molecular complexity index is 808. The van der Waals surface area contributed by atoms with Gasteiger partial charge in [0.1, 0.15) is 5.82 Å². The molecule has 0 spiro atoms. The van der Waals surface area contributed by atoms with Crippen LogP contribution in [0.1, 0.15) is 30.9 Å². The van der Waals surface area contributed by atoms with E-state index in [1.54, 1.807) is 17.0 Å². The van der Waals surface area contributed by atoms with E-state index in [1.165, 1.54) is 12.1 Å². The molecule has 1 atom stereocenters. The summed E-state index contributed by atoms with van der Waals surface area (Å²) in [6, 6.07) is 13.6. The maximum Gasteiger partial charge on any atom is 0.222 e. The summed E-state index contributed by atoms with van der Waals surface area (Å²) < 4.78 is 13.1. The first-order valence-corrected chi connectivity index (χ1v) is 8.94. The molecule has 1 aliphatic rings. The van der Waals surface area contributed by atoms with E-state index in [1.807, 2.05) is 31.2 Å². The van der Waals surface area contributed by atoms with Crippen molar-refractivity contribution in [3.8, 4) is 0 Å². The first-order chi connectivity index (χ1) is 12.6. The molecule has 3 rings (SSSR count). The number of rotatable bonds is 6. The minimum Gasteiger partial charge on any atom is -0.390 e. The lowest BCUT2D eigenvalue weighted by Gasteiger charge is -2.25. The predicted molar refractivity (Wildman–Crippen MR) is 99.6 cm³/mol. The van der Waals surface area contributed by atoms with Crippen LogP contribution < -0.4 is 0 Å². The molecule has 2 aromatic carbocycles. The molecule has 0 fully saturated rings. The molecule has 26 heavy (non-hydrogen) atoms. The van der Waals surface area contributed by atoms with Gasteiger partial charge < -0.3 is 9.74 Å². The Morgan fingerprint density at radius 2 is 2.00 bits per heavy atom. The van der Waals surface area contributed by atoms with Crippen molar-refractivity contribution in [2.24, 2.45) is 5.16 Å². The van der Waals surface area contributed by atoms with Crippen LogP contribution in [0.3, 0.4) is 0 Å². The SMILES string of the molecule is CCC(=O)N(Cc1ccccc1Cl)C[C@H]1CC(c2ccc(F)cc2)=NO1. The Balaban J connectivity index is 1.66. The number of amides is 1. The summed E-state index contributed by atoms with van der Waals surface area (Å²) in [5.74, 6) is -0.256. The summed E-state index contributed by atoms with van der Waals surface area (Å²) in [6.45, 7) is 2.68. The zero-order chi connectivity index (χ0) is 18.5. The second-order valence-electron chi connectivity index (χ2n) is 6.20. The number of hydrogen-bond acceptors (Lipinski definition) is 3. The van der Waals surface area contributed by atoms with Crippen LogP contribution in [0.15, 0.2) is 53.7 Å². The minimum atomic E-state index is -0.288. The van der Waals surface area contributed by atoms with Crippen molar-refractivity contribution in [2.75, 3.05) is 6.54 Å². The van der Waals surface area contributed by atoms with E-state index < -0.39 is 0 Å². The van der Waals surface area contributed by atoms with Crippen molar-refractivity contribution in [2.45, 2.75) is 32.4 Å². The summed E-state index contributed by atoms with van der Waals surface area (Å²) in [7, 11) is 0. The number of halogens is 2. The number of carbonyl (C=O) groups is 1. The van der Waals surface area contributed by atoms with Crippen LogP contribution in [0.25, 0.3) is 0 Å². The fourth-order valence-electron chi connectivity index (χ4n) is 2.90. The smallest absolute Gasteiger partial charge is 0.222 e. The predicted octanol–water partition coefficient (Wildman–Crippen LogP) is 4.41. The summed E-state index contributed by atoms with van der Waals surface area (Å²) in [4.78, 5) is 19.6. The number of hydrogen-bond donors (Lipinski definition) is 0. The normalized spacial score (nSPS) is 16.1. The van der Waals surface area contributed by atoms with Crippen LogP contribution in [0.2, 0.25) is 5.02 Å². The average molecular weight is 375 g/mol. The molecule has 0 N–H and O–H groups in total. The highest BCUT2D eigenvalue weighted by Crippen LogP contribution is 2.21. The van der Waals surface area contributed by atoms with E-state index in [2.05, 4.69) is 5.16 Å². The maximum atomic E-state index is 13.1. The zero-order valence-electron chi connectivity index (χ0n) is 14.5. The van der Waals surface area contributed by atoms with Crippen molar-refractivity contribution < 1.29 is 14.0 Å². The van der Waals surface area contributed by atoms with Crippen LogP contribution in [0.4, 0.5) is 4.39 Å². The van der Waals surface area contributed by atoms with Gasteiger partial charge in [-0.3, -0.25) is 4.79 Å². The molecular formula is C20H20ClFN2O2. The molecule has 1 heterocycles. The van der Waals surface area contributed by atoms with Crippen LogP contribution in [-0.4, -0.2) is 29.2 Å². The summed E-state index contributed by atoms with van der Waals surface area (Å²) in [6.07, 6.45) is 0.748.